The quantitative estimate of drug-likeness (QED) is 0.663. The highest BCUT2D eigenvalue weighted by Gasteiger charge is 2.46. The van der Waals surface area contributed by atoms with Gasteiger partial charge in [-0.05, 0) is 43.5 Å². The second-order valence-electron chi connectivity index (χ2n) is 8.32. The number of aromatic nitrogens is 4. The summed E-state index contributed by atoms with van der Waals surface area (Å²) in [6.07, 6.45) is 7.00. The maximum absolute atomic E-state index is 13.4. The summed E-state index contributed by atoms with van der Waals surface area (Å²) < 4.78 is 10.8. The maximum Gasteiger partial charge on any atom is 0.316 e. The first-order valence-electron chi connectivity index (χ1n) is 9.97. The van der Waals surface area contributed by atoms with Gasteiger partial charge in [-0.3, -0.25) is 4.79 Å². The van der Waals surface area contributed by atoms with E-state index in [2.05, 4.69) is 26.0 Å². The number of ketones is 1. The molecule has 1 aromatic carbocycles. The molecule has 0 radical (unpaired) electrons. The largest absolute Gasteiger partial charge is 0.455 e. The molecule has 30 heavy (non-hydrogen) atoms. The van der Waals surface area contributed by atoms with Gasteiger partial charge in [-0.25, -0.2) is 19.9 Å². The highest BCUT2D eigenvalue weighted by Crippen LogP contribution is 2.46. The van der Waals surface area contributed by atoms with Crippen molar-refractivity contribution in [1.29, 1.82) is 0 Å². The van der Waals surface area contributed by atoms with Crippen LogP contribution in [0, 0.1) is 6.92 Å². The number of ether oxygens (including phenoxy) is 2. The fourth-order valence-electron chi connectivity index (χ4n) is 4.02. The fourth-order valence-corrected chi connectivity index (χ4v) is 4.02. The Balaban J connectivity index is 1.52. The molecule has 152 valence electrons. The minimum atomic E-state index is -0.583. The highest BCUT2D eigenvalue weighted by atomic mass is 16.6. The molecule has 0 spiro atoms. The van der Waals surface area contributed by atoms with Crippen molar-refractivity contribution >= 4 is 5.78 Å². The van der Waals surface area contributed by atoms with E-state index >= 15 is 0 Å². The molecule has 1 aliphatic heterocycles. The molecule has 2 aliphatic rings. The molecular formula is C23H22N4O3. The van der Waals surface area contributed by atoms with Gasteiger partial charge >= 0.3 is 6.01 Å². The predicted octanol–water partition coefficient (Wildman–Crippen LogP) is 3.01. The van der Waals surface area contributed by atoms with Gasteiger partial charge in [0.25, 0.3) is 0 Å². The highest BCUT2D eigenvalue weighted by molar-refractivity contribution is 6.02. The maximum atomic E-state index is 13.4. The van der Waals surface area contributed by atoms with Gasteiger partial charge < -0.3 is 9.47 Å². The lowest BCUT2D eigenvalue weighted by Gasteiger charge is -2.25. The van der Waals surface area contributed by atoms with Crippen molar-refractivity contribution < 1.29 is 14.3 Å². The monoisotopic (exact) mass is 402 g/mol. The van der Waals surface area contributed by atoms with Crippen LogP contribution in [0.5, 0.6) is 6.01 Å². The lowest BCUT2D eigenvalue weighted by atomic mass is 9.84. The number of fused-ring (bicyclic) bond motifs is 1. The van der Waals surface area contributed by atoms with Crippen molar-refractivity contribution in [2.45, 2.75) is 38.2 Å². The second-order valence-corrected chi connectivity index (χ2v) is 8.32. The Morgan fingerprint density at radius 2 is 1.70 bits per heavy atom. The van der Waals surface area contributed by atoms with E-state index in [1.54, 1.807) is 24.8 Å². The summed E-state index contributed by atoms with van der Waals surface area (Å²) in [6.45, 7) is 6.91. The molecule has 1 fully saturated rings. The van der Waals surface area contributed by atoms with E-state index < -0.39 is 11.3 Å². The summed E-state index contributed by atoms with van der Waals surface area (Å²) >= 11 is 0. The van der Waals surface area contributed by atoms with Crippen LogP contribution in [0.25, 0.3) is 11.1 Å². The lowest BCUT2D eigenvalue weighted by Crippen LogP contribution is -2.39. The van der Waals surface area contributed by atoms with E-state index in [0.29, 0.717) is 19.2 Å². The van der Waals surface area contributed by atoms with E-state index in [9.17, 15) is 4.79 Å². The first kappa shape index (κ1) is 18.8. The minimum absolute atomic E-state index is 0.00269. The summed E-state index contributed by atoms with van der Waals surface area (Å²) in [5.41, 5.74) is 4.09. The molecule has 7 nitrogen and oxygen atoms in total. The Morgan fingerprint density at radius 3 is 2.33 bits per heavy atom. The van der Waals surface area contributed by atoms with Gasteiger partial charge in [0, 0.05) is 41.3 Å². The standard InChI is InChI=1S/C23H22N4O3/c1-13-24-7-15(8-25-13)14-4-5-19-18(6-14)20(21(28)23(19,2)3)16-9-26-22(27-10-16)30-17-11-29-12-17/h4-10,17,20H,11-12H2,1-3H3. The Hall–Kier alpha value is -3.19. The third-order valence-electron chi connectivity index (χ3n) is 5.89. The summed E-state index contributed by atoms with van der Waals surface area (Å²) in [4.78, 5) is 30.6. The van der Waals surface area contributed by atoms with Gasteiger partial charge in [-0.15, -0.1) is 0 Å². The van der Waals surface area contributed by atoms with Crippen LogP contribution in [-0.4, -0.2) is 45.0 Å². The summed E-state index contributed by atoms with van der Waals surface area (Å²) in [7, 11) is 0. The Morgan fingerprint density at radius 1 is 1.00 bits per heavy atom. The zero-order valence-electron chi connectivity index (χ0n) is 17.1. The summed E-state index contributed by atoms with van der Waals surface area (Å²) in [5, 5.41) is 0. The third-order valence-corrected chi connectivity index (χ3v) is 5.89. The van der Waals surface area contributed by atoms with Crippen molar-refractivity contribution in [3.63, 3.8) is 0 Å². The van der Waals surface area contributed by atoms with Crippen LogP contribution in [0.15, 0.2) is 43.0 Å². The van der Waals surface area contributed by atoms with Crippen molar-refractivity contribution in [2.24, 2.45) is 0 Å². The number of carbonyl (C=O) groups is 1. The van der Waals surface area contributed by atoms with Gasteiger partial charge in [0.05, 0.1) is 19.1 Å². The fraction of sp³-hybridized carbons (Fsp3) is 0.348. The van der Waals surface area contributed by atoms with E-state index in [0.717, 1.165) is 33.6 Å². The van der Waals surface area contributed by atoms with Crippen molar-refractivity contribution in [2.75, 3.05) is 13.2 Å². The van der Waals surface area contributed by atoms with Gasteiger partial charge in [0.1, 0.15) is 11.9 Å². The van der Waals surface area contributed by atoms with Crippen LogP contribution in [0.2, 0.25) is 0 Å². The normalized spacial score (nSPS) is 20.0. The van der Waals surface area contributed by atoms with Crippen molar-refractivity contribution in [3.05, 3.63) is 65.5 Å². The number of carbonyl (C=O) groups excluding carboxylic acids is 1. The minimum Gasteiger partial charge on any atom is -0.455 e. The number of hydrogen-bond acceptors (Lipinski definition) is 7. The molecule has 1 aliphatic carbocycles. The van der Waals surface area contributed by atoms with Crippen LogP contribution in [-0.2, 0) is 14.9 Å². The van der Waals surface area contributed by atoms with Crippen LogP contribution in [0.4, 0.5) is 0 Å². The van der Waals surface area contributed by atoms with E-state index in [-0.39, 0.29) is 11.9 Å². The van der Waals surface area contributed by atoms with Crippen molar-refractivity contribution in [1.82, 2.24) is 19.9 Å². The SMILES string of the molecule is Cc1ncc(-c2ccc3c(c2)C(c2cnc(OC4COC4)nc2)C(=O)C3(C)C)cn1. The Labute approximate surface area is 174 Å². The molecule has 0 saturated carbocycles. The smallest absolute Gasteiger partial charge is 0.316 e. The molecule has 3 heterocycles. The first-order chi connectivity index (χ1) is 14.4. The summed E-state index contributed by atoms with van der Waals surface area (Å²) in [5.74, 6) is 0.448. The molecule has 1 unspecified atom stereocenters. The number of benzene rings is 1. The van der Waals surface area contributed by atoms with Gasteiger partial charge in [-0.2, -0.15) is 0 Å². The Kier molecular flexibility index (Phi) is 4.36. The average molecular weight is 402 g/mol. The van der Waals surface area contributed by atoms with Gasteiger partial charge in [-0.1, -0.05) is 12.1 Å². The number of hydrogen-bond donors (Lipinski definition) is 0. The lowest BCUT2D eigenvalue weighted by molar-refractivity contribution is -0.122. The molecule has 3 aromatic rings. The van der Waals surface area contributed by atoms with Gasteiger partial charge in [0.15, 0.2) is 5.78 Å². The van der Waals surface area contributed by atoms with Crippen LogP contribution >= 0.6 is 0 Å². The molecule has 0 N–H and O–H groups in total. The molecule has 5 rings (SSSR count). The second kappa shape index (κ2) is 6.95. The molecule has 1 saturated heterocycles. The Bertz CT molecular complexity index is 1110. The predicted molar refractivity (Wildman–Crippen MR) is 109 cm³/mol. The zero-order chi connectivity index (χ0) is 20.9. The molecule has 0 amide bonds. The zero-order valence-corrected chi connectivity index (χ0v) is 17.1. The molecule has 0 bridgehead atoms. The van der Waals surface area contributed by atoms with Crippen LogP contribution in [0.1, 0.15) is 42.3 Å². The molecular weight excluding hydrogens is 380 g/mol. The van der Waals surface area contributed by atoms with E-state index in [4.69, 9.17) is 9.47 Å². The van der Waals surface area contributed by atoms with Crippen LogP contribution < -0.4 is 4.74 Å². The van der Waals surface area contributed by atoms with Crippen molar-refractivity contribution in [3.8, 4) is 17.1 Å². The topological polar surface area (TPSA) is 87.1 Å². The number of aryl methyl sites for hydroxylation is 1. The molecule has 7 heteroatoms. The van der Waals surface area contributed by atoms with Gasteiger partial charge in [0.2, 0.25) is 0 Å². The molecule has 1 atom stereocenters. The first-order valence-corrected chi connectivity index (χ1v) is 9.97. The summed E-state index contributed by atoms with van der Waals surface area (Å²) in [6, 6.07) is 6.44. The number of Topliss-reactive ketones (excluding diaryl/α,β-unsaturated/α-hetero) is 1. The average Bonchev–Trinajstić information content (AvgIpc) is 2.91. The van der Waals surface area contributed by atoms with E-state index in [1.165, 1.54) is 0 Å². The van der Waals surface area contributed by atoms with Crippen LogP contribution in [0.3, 0.4) is 0 Å². The van der Waals surface area contributed by atoms with E-state index in [1.807, 2.05) is 32.9 Å². The number of nitrogens with zero attached hydrogens (tertiary/aromatic N) is 4. The third kappa shape index (κ3) is 3.06. The molecule has 2 aromatic heterocycles. The number of rotatable bonds is 4.